The van der Waals surface area contributed by atoms with Crippen molar-refractivity contribution >= 4 is 17.4 Å². The van der Waals surface area contributed by atoms with Crippen LogP contribution in [0.25, 0.3) is 11.4 Å². The summed E-state index contributed by atoms with van der Waals surface area (Å²) >= 11 is 5.76. The van der Waals surface area contributed by atoms with E-state index < -0.39 is 0 Å². The first-order valence-corrected chi connectivity index (χ1v) is 7.79. The summed E-state index contributed by atoms with van der Waals surface area (Å²) in [4.78, 5) is 27.4. The molecule has 6 nitrogen and oxygen atoms in total. The van der Waals surface area contributed by atoms with E-state index in [-0.39, 0.29) is 5.56 Å². The number of nitrogens with one attached hydrogen (secondary N) is 2. The highest BCUT2D eigenvalue weighted by Crippen LogP contribution is 2.16. The summed E-state index contributed by atoms with van der Waals surface area (Å²) in [5.74, 6) is 1.24. The number of H-pyrrole nitrogens is 1. The maximum absolute atomic E-state index is 11.8. The third-order valence-electron chi connectivity index (χ3n) is 3.69. The number of aryl methyl sites for hydroxylation is 1. The second-order valence-electron chi connectivity index (χ2n) is 5.40. The second-order valence-corrected chi connectivity index (χ2v) is 5.79. The van der Waals surface area contributed by atoms with Gasteiger partial charge >= 0.3 is 0 Å². The first kappa shape index (κ1) is 16.1. The van der Waals surface area contributed by atoms with E-state index in [1.54, 1.807) is 25.4 Å². The standard InChI is InChI=1S/C17H16ClN5O/c1-10-11(2)22-16(23-17(10)24)13-4-6-15(21-9-13)20-8-12-3-5-14(18)19-7-12/h3-7,9H,8H2,1-2H3,(H,20,21)(H,22,23,24). The molecule has 24 heavy (non-hydrogen) atoms. The Kier molecular flexibility index (Phi) is 4.57. The molecular weight excluding hydrogens is 326 g/mol. The SMILES string of the molecule is Cc1nc(-c2ccc(NCc3ccc(Cl)nc3)nc2)[nH]c(=O)c1C. The third kappa shape index (κ3) is 3.60. The minimum Gasteiger partial charge on any atom is -0.366 e. The number of hydrogen-bond acceptors (Lipinski definition) is 5. The molecule has 0 fully saturated rings. The van der Waals surface area contributed by atoms with Crippen LogP contribution in [0.2, 0.25) is 5.15 Å². The Morgan fingerprint density at radius 2 is 1.96 bits per heavy atom. The highest BCUT2D eigenvalue weighted by Gasteiger charge is 2.06. The summed E-state index contributed by atoms with van der Waals surface area (Å²) in [6.07, 6.45) is 3.39. The van der Waals surface area contributed by atoms with E-state index in [0.717, 1.165) is 16.9 Å². The monoisotopic (exact) mass is 341 g/mol. The zero-order chi connectivity index (χ0) is 17.1. The predicted molar refractivity (Wildman–Crippen MR) is 94.1 cm³/mol. The van der Waals surface area contributed by atoms with Gasteiger partial charge in [-0.15, -0.1) is 0 Å². The number of hydrogen-bond donors (Lipinski definition) is 2. The zero-order valence-electron chi connectivity index (χ0n) is 13.3. The topological polar surface area (TPSA) is 83.6 Å². The van der Waals surface area contributed by atoms with E-state index in [0.29, 0.717) is 28.8 Å². The number of halogens is 1. The fourth-order valence-electron chi connectivity index (χ4n) is 2.12. The lowest BCUT2D eigenvalue weighted by Crippen LogP contribution is -2.14. The van der Waals surface area contributed by atoms with Crippen molar-refractivity contribution in [3.05, 3.63) is 69.0 Å². The molecule has 0 aliphatic carbocycles. The van der Waals surface area contributed by atoms with Gasteiger partial charge in [-0.25, -0.2) is 15.0 Å². The van der Waals surface area contributed by atoms with Crippen LogP contribution in [0.3, 0.4) is 0 Å². The van der Waals surface area contributed by atoms with Crippen LogP contribution in [0.1, 0.15) is 16.8 Å². The molecule has 3 heterocycles. The summed E-state index contributed by atoms with van der Waals surface area (Å²) < 4.78 is 0. The summed E-state index contributed by atoms with van der Waals surface area (Å²) in [5.41, 5.74) is 2.97. The molecule has 0 unspecified atom stereocenters. The molecular formula is C17H16ClN5O. The summed E-state index contributed by atoms with van der Waals surface area (Å²) in [5, 5.41) is 3.67. The molecule has 7 heteroatoms. The van der Waals surface area contributed by atoms with Crippen LogP contribution in [-0.4, -0.2) is 19.9 Å². The Balaban J connectivity index is 1.73. The van der Waals surface area contributed by atoms with Crippen molar-refractivity contribution in [2.24, 2.45) is 0 Å². The summed E-state index contributed by atoms with van der Waals surface area (Å²) in [7, 11) is 0. The van der Waals surface area contributed by atoms with E-state index in [9.17, 15) is 4.79 Å². The molecule has 3 aromatic heterocycles. The minimum atomic E-state index is -0.130. The predicted octanol–water partition coefficient (Wildman–Crippen LogP) is 3.11. The normalized spacial score (nSPS) is 10.6. The maximum Gasteiger partial charge on any atom is 0.254 e. The molecule has 0 saturated heterocycles. The maximum atomic E-state index is 11.8. The number of rotatable bonds is 4. The van der Waals surface area contributed by atoms with Crippen LogP contribution < -0.4 is 10.9 Å². The molecule has 3 aromatic rings. The Hall–Kier alpha value is -2.73. The highest BCUT2D eigenvalue weighted by molar-refractivity contribution is 6.29. The van der Waals surface area contributed by atoms with E-state index in [4.69, 9.17) is 11.6 Å². The highest BCUT2D eigenvalue weighted by atomic mass is 35.5. The lowest BCUT2D eigenvalue weighted by Gasteiger charge is -2.07. The fourth-order valence-corrected chi connectivity index (χ4v) is 2.24. The van der Waals surface area contributed by atoms with E-state index in [1.807, 2.05) is 25.1 Å². The lowest BCUT2D eigenvalue weighted by molar-refractivity contribution is 1.03. The van der Waals surface area contributed by atoms with Gasteiger partial charge in [0.15, 0.2) is 0 Å². The van der Waals surface area contributed by atoms with Crippen molar-refractivity contribution in [1.82, 2.24) is 19.9 Å². The van der Waals surface area contributed by atoms with Crippen LogP contribution in [0.4, 0.5) is 5.82 Å². The van der Waals surface area contributed by atoms with Crippen LogP contribution in [0, 0.1) is 13.8 Å². The van der Waals surface area contributed by atoms with Gasteiger partial charge in [-0.2, -0.15) is 0 Å². The smallest absolute Gasteiger partial charge is 0.254 e. The third-order valence-corrected chi connectivity index (χ3v) is 3.92. The Labute approximate surface area is 144 Å². The molecule has 2 N–H and O–H groups in total. The second kappa shape index (κ2) is 6.80. The number of pyridine rings is 2. The van der Waals surface area contributed by atoms with Gasteiger partial charge < -0.3 is 10.3 Å². The molecule has 0 amide bonds. The average Bonchev–Trinajstić information content (AvgIpc) is 2.59. The van der Waals surface area contributed by atoms with Crippen molar-refractivity contribution in [2.75, 3.05) is 5.32 Å². The van der Waals surface area contributed by atoms with Crippen molar-refractivity contribution in [3.8, 4) is 11.4 Å². The minimum absolute atomic E-state index is 0.130. The van der Waals surface area contributed by atoms with Crippen molar-refractivity contribution in [2.45, 2.75) is 20.4 Å². The first-order chi connectivity index (χ1) is 11.5. The quantitative estimate of drug-likeness (QED) is 0.712. The lowest BCUT2D eigenvalue weighted by atomic mass is 10.2. The summed E-state index contributed by atoms with van der Waals surface area (Å²) in [6.45, 7) is 4.16. The van der Waals surface area contributed by atoms with Gasteiger partial charge in [-0.3, -0.25) is 4.79 Å². The molecule has 3 rings (SSSR count). The van der Waals surface area contributed by atoms with Gasteiger partial charge in [0.25, 0.3) is 5.56 Å². The number of aromatic amines is 1. The van der Waals surface area contributed by atoms with Gasteiger partial charge in [0.1, 0.15) is 16.8 Å². The van der Waals surface area contributed by atoms with Crippen molar-refractivity contribution in [1.29, 1.82) is 0 Å². The molecule has 122 valence electrons. The van der Waals surface area contributed by atoms with Gasteiger partial charge in [0.05, 0.1) is 0 Å². The van der Waals surface area contributed by atoms with E-state index in [1.165, 1.54) is 0 Å². The zero-order valence-corrected chi connectivity index (χ0v) is 14.1. The molecule has 0 bridgehead atoms. The molecule has 0 aromatic carbocycles. The van der Waals surface area contributed by atoms with E-state index >= 15 is 0 Å². The number of aromatic nitrogens is 4. The Morgan fingerprint density at radius 3 is 2.58 bits per heavy atom. The van der Waals surface area contributed by atoms with Crippen LogP contribution in [-0.2, 0) is 6.54 Å². The molecule has 0 aliphatic heterocycles. The first-order valence-electron chi connectivity index (χ1n) is 7.41. The summed E-state index contributed by atoms with van der Waals surface area (Å²) in [6, 6.07) is 7.35. The Bertz CT molecular complexity index is 904. The van der Waals surface area contributed by atoms with Crippen molar-refractivity contribution < 1.29 is 0 Å². The van der Waals surface area contributed by atoms with Crippen molar-refractivity contribution in [3.63, 3.8) is 0 Å². The molecule has 0 radical (unpaired) electrons. The molecule has 0 saturated carbocycles. The molecule has 0 spiro atoms. The number of anilines is 1. The van der Waals surface area contributed by atoms with Gasteiger partial charge in [0, 0.05) is 35.8 Å². The molecule has 0 aliphatic rings. The van der Waals surface area contributed by atoms with Crippen LogP contribution >= 0.6 is 11.6 Å². The largest absolute Gasteiger partial charge is 0.366 e. The molecule has 0 atom stereocenters. The van der Waals surface area contributed by atoms with Crippen LogP contribution in [0.15, 0.2) is 41.5 Å². The average molecular weight is 342 g/mol. The van der Waals surface area contributed by atoms with Gasteiger partial charge in [-0.1, -0.05) is 17.7 Å². The van der Waals surface area contributed by atoms with Gasteiger partial charge in [-0.05, 0) is 37.6 Å². The van der Waals surface area contributed by atoms with Crippen LogP contribution in [0.5, 0.6) is 0 Å². The number of nitrogens with zero attached hydrogens (tertiary/aromatic N) is 3. The Morgan fingerprint density at radius 1 is 1.12 bits per heavy atom. The van der Waals surface area contributed by atoms with Gasteiger partial charge in [0.2, 0.25) is 0 Å². The van der Waals surface area contributed by atoms with E-state index in [2.05, 4.69) is 25.3 Å². The fraction of sp³-hybridized carbons (Fsp3) is 0.176.